The molecule has 7 heteroatoms. The smallest absolute Gasteiger partial charge is 0.251 e. The first-order valence-electron chi connectivity index (χ1n) is 9.52. The van der Waals surface area contributed by atoms with Crippen LogP contribution in [0.4, 0.5) is 0 Å². The SMILES string of the molecule is Cc1cc(C)n(-c2cccc(C(=O)N[C@@H](c3cnn(C)c3)C3CC(O)C3)c2)n1. The number of carbonyl (C=O) groups is 1. The van der Waals surface area contributed by atoms with E-state index in [1.165, 1.54) is 0 Å². The molecule has 0 aliphatic heterocycles. The number of aromatic nitrogens is 4. The van der Waals surface area contributed by atoms with Crippen LogP contribution >= 0.6 is 0 Å². The first-order chi connectivity index (χ1) is 13.4. The van der Waals surface area contributed by atoms with Gasteiger partial charge in [0, 0.05) is 30.1 Å². The molecule has 0 radical (unpaired) electrons. The maximum absolute atomic E-state index is 13.0. The molecule has 0 unspecified atom stereocenters. The summed E-state index contributed by atoms with van der Waals surface area (Å²) < 4.78 is 3.57. The topological polar surface area (TPSA) is 85.0 Å². The van der Waals surface area contributed by atoms with Gasteiger partial charge in [-0.15, -0.1) is 0 Å². The highest BCUT2D eigenvalue weighted by Crippen LogP contribution is 2.38. The molecule has 4 rings (SSSR count). The average molecular weight is 379 g/mol. The molecule has 1 aliphatic carbocycles. The van der Waals surface area contributed by atoms with Crippen molar-refractivity contribution < 1.29 is 9.90 Å². The van der Waals surface area contributed by atoms with Crippen LogP contribution in [0.2, 0.25) is 0 Å². The van der Waals surface area contributed by atoms with Crippen LogP contribution in [-0.2, 0) is 7.05 Å². The van der Waals surface area contributed by atoms with Crippen molar-refractivity contribution in [1.29, 1.82) is 0 Å². The molecule has 0 saturated heterocycles. The number of benzene rings is 1. The van der Waals surface area contributed by atoms with E-state index >= 15 is 0 Å². The minimum atomic E-state index is -0.282. The maximum atomic E-state index is 13.0. The summed E-state index contributed by atoms with van der Waals surface area (Å²) in [6.45, 7) is 3.94. The second-order valence-corrected chi connectivity index (χ2v) is 7.67. The van der Waals surface area contributed by atoms with Crippen LogP contribution in [-0.4, -0.2) is 36.7 Å². The van der Waals surface area contributed by atoms with Crippen molar-refractivity contribution in [3.05, 3.63) is 65.2 Å². The zero-order chi connectivity index (χ0) is 19.8. The molecule has 146 valence electrons. The molecule has 1 fully saturated rings. The Morgan fingerprint density at radius 3 is 2.68 bits per heavy atom. The van der Waals surface area contributed by atoms with Gasteiger partial charge >= 0.3 is 0 Å². The van der Waals surface area contributed by atoms with Gasteiger partial charge in [-0.05, 0) is 56.9 Å². The van der Waals surface area contributed by atoms with Crippen molar-refractivity contribution >= 4 is 5.91 Å². The molecule has 1 atom stereocenters. The molecule has 1 amide bonds. The number of nitrogens with one attached hydrogen (secondary N) is 1. The predicted octanol–water partition coefficient (Wildman–Crippen LogP) is 2.46. The summed E-state index contributed by atoms with van der Waals surface area (Å²) in [6, 6.07) is 9.31. The molecule has 2 aromatic heterocycles. The Morgan fingerprint density at radius 2 is 2.07 bits per heavy atom. The minimum absolute atomic E-state index is 0.140. The third-order valence-electron chi connectivity index (χ3n) is 5.35. The second-order valence-electron chi connectivity index (χ2n) is 7.67. The lowest BCUT2D eigenvalue weighted by Gasteiger charge is -2.37. The Labute approximate surface area is 164 Å². The van der Waals surface area contributed by atoms with Gasteiger partial charge in [0.15, 0.2) is 0 Å². The number of rotatable bonds is 5. The fraction of sp³-hybridized carbons (Fsp3) is 0.381. The van der Waals surface area contributed by atoms with Gasteiger partial charge < -0.3 is 10.4 Å². The van der Waals surface area contributed by atoms with E-state index in [1.807, 2.05) is 56.0 Å². The molecule has 1 saturated carbocycles. The van der Waals surface area contributed by atoms with E-state index in [-0.39, 0.29) is 24.0 Å². The minimum Gasteiger partial charge on any atom is -0.393 e. The Balaban J connectivity index is 1.58. The number of hydrogen-bond acceptors (Lipinski definition) is 4. The van der Waals surface area contributed by atoms with E-state index in [4.69, 9.17) is 0 Å². The summed E-state index contributed by atoms with van der Waals surface area (Å²) >= 11 is 0. The van der Waals surface area contributed by atoms with Crippen LogP contribution in [0.5, 0.6) is 0 Å². The fourth-order valence-electron chi connectivity index (χ4n) is 3.87. The molecular formula is C21H25N5O2. The Hall–Kier alpha value is -2.93. The van der Waals surface area contributed by atoms with Gasteiger partial charge in [-0.1, -0.05) is 6.07 Å². The van der Waals surface area contributed by atoms with E-state index in [1.54, 1.807) is 16.9 Å². The molecule has 0 bridgehead atoms. The van der Waals surface area contributed by atoms with Crippen LogP contribution in [0, 0.1) is 19.8 Å². The lowest BCUT2D eigenvalue weighted by atomic mass is 9.75. The van der Waals surface area contributed by atoms with Crippen molar-refractivity contribution in [1.82, 2.24) is 24.9 Å². The van der Waals surface area contributed by atoms with Crippen LogP contribution in [0.15, 0.2) is 42.7 Å². The van der Waals surface area contributed by atoms with E-state index in [2.05, 4.69) is 15.5 Å². The van der Waals surface area contributed by atoms with Crippen molar-refractivity contribution in [2.45, 2.75) is 38.8 Å². The van der Waals surface area contributed by atoms with Gasteiger partial charge in [-0.2, -0.15) is 10.2 Å². The summed E-state index contributed by atoms with van der Waals surface area (Å²) in [6.07, 6.45) is 4.79. The second kappa shape index (κ2) is 7.24. The van der Waals surface area contributed by atoms with Crippen molar-refractivity contribution in [2.24, 2.45) is 13.0 Å². The molecular weight excluding hydrogens is 354 g/mol. The third kappa shape index (κ3) is 3.57. The van der Waals surface area contributed by atoms with Gasteiger partial charge in [0.1, 0.15) is 0 Å². The number of aliphatic hydroxyl groups excluding tert-OH is 1. The first kappa shape index (κ1) is 18.4. The Morgan fingerprint density at radius 1 is 1.29 bits per heavy atom. The summed E-state index contributed by atoms with van der Waals surface area (Å²) in [5.41, 5.74) is 4.36. The molecule has 28 heavy (non-hydrogen) atoms. The van der Waals surface area contributed by atoms with Gasteiger partial charge in [0.2, 0.25) is 0 Å². The lowest BCUT2D eigenvalue weighted by Crippen LogP contribution is -2.41. The highest BCUT2D eigenvalue weighted by Gasteiger charge is 2.36. The monoisotopic (exact) mass is 379 g/mol. The number of aliphatic hydroxyl groups is 1. The summed E-state index contributed by atoms with van der Waals surface area (Å²) in [7, 11) is 1.86. The summed E-state index contributed by atoms with van der Waals surface area (Å²) in [5.74, 6) is 0.0703. The van der Waals surface area contributed by atoms with Gasteiger partial charge in [-0.25, -0.2) is 4.68 Å². The Bertz CT molecular complexity index is 1000. The first-order valence-corrected chi connectivity index (χ1v) is 9.52. The highest BCUT2D eigenvalue weighted by molar-refractivity contribution is 5.95. The van der Waals surface area contributed by atoms with Crippen LogP contribution in [0.1, 0.15) is 46.2 Å². The summed E-state index contributed by atoms with van der Waals surface area (Å²) in [4.78, 5) is 13.0. The quantitative estimate of drug-likeness (QED) is 0.713. The van der Waals surface area contributed by atoms with Gasteiger partial charge in [0.05, 0.1) is 29.7 Å². The molecule has 2 heterocycles. The average Bonchev–Trinajstić information content (AvgIpc) is 3.22. The molecule has 1 aromatic carbocycles. The largest absolute Gasteiger partial charge is 0.393 e. The van der Waals surface area contributed by atoms with E-state index in [9.17, 15) is 9.90 Å². The van der Waals surface area contributed by atoms with Crippen LogP contribution in [0.25, 0.3) is 5.69 Å². The molecule has 3 aromatic rings. The van der Waals surface area contributed by atoms with Crippen molar-refractivity contribution in [3.8, 4) is 5.69 Å². The third-order valence-corrected chi connectivity index (χ3v) is 5.35. The van der Waals surface area contributed by atoms with Crippen molar-refractivity contribution in [3.63, 3.8) is 0 Å². The van der Waals surface area contributed by atoms with E-state index in [0.29, 0.717) is 18.4 Å². The number of nitrogens with zero attached hydrogens (tertiary/aromatic N) is 4. The van der Waals surface area contributed by atoms with E-state index < -0.39 is 0 Å². The van der Waals surface area contributed by atoms with Gasteiger partial charge in [0.25, 0.3) is 5.91 Å². The highest BCUT2D eigenvalue weighted by atomic mass is 16.3. The zero-order valence-corrected chi connectivity index (χ0v) is 16.3. The van der Waals surface area contributed by atoms with Crippen LogP contribution < -0.4 is 5.32 Å². The predicted molar refractivity (Wildman–Crippen MR) is 105 cm³/mol. The van der Waals surface area contributed by atoms with Crippen molar-refractivity contribution in [2.75, 3.05) is 0 Å². The number of amides is 1. The van der Waals surface area contributed by atoms with Gasteiger partial charge in [-0.3, -0.25) is 9.48 Å². The molecule has 7 nitrogen and oxygen atoms in total. The molecule has 1 aliphatic rings. The van der Waals surface area contributed by atoms with E-state index in [0.717, 1.165) is 22.6 Å². The number of carbonyl (C=O) groups excluding carboxylic acids is 1. The Kier molecular flexibility index (Phi) is 4.77. The fourth-order valence-corrected chi connectivity index (χ4v) is 3.87. The summed E-state index contributed by atoms with van der Waals surface area (Å²) in [5, 5.41) is 21.6. The lowest BCUT2D eigenvalue weighted by molar-refractivity contribution is 0.0235. The normalized spacial score (nSPS) is 19.9. The van der Waals surface area contributed by atoms with Crippen LogP contribution in [0.3, 0.4) is 0 Å². The number of hydrogen-bond donors (Lipinski definition) is 2. The molecule has 2 N–H and O–H groups in total. The number of aryl methyl sites for hydroxylation is 3. The molecule has 0 spiro atoms. The zero-order valence-electron chi connectivity index (χ0n) is 16.3. The standard InChI is InChI=1S/C21H25N5O2/c1-13-7-14(2)26(24-13)18-6-4-5-15(8-18)21(28)23-20(16-9-19(27)10-16)17-11-22-25(3)12-17/h4-8,11-12,16,19-20,27H,9-10H2,1-3H3,(H,23,28)/t16?,19?,20-/m1/s1. The maximum Gasteiger partial charge on any atom is 0.251 e.